The smallest absolute Gasteiger partial charge is 0.0968 e. The summed E-state index contributed by atoms with van der Waals surface area (Å²) in [5, 5.41) is 2.55. The van der Waals surface area contributed by atoms with Crippen molar-refractivity contribution in [2.24, 2.45) is 0 Å². The van der Waals surface area contributed by atoms with Crippen molar-refractivity contribution >= 4 is 37.6 Å². The highest BCUT2D eigenvalue weighted by molar-refractivity contribution is 7.58. The molecule has 4 heteroatoms. The largest absolute Gasteiger partial charge is 0.250 e. The number of rotatable bonds is 8. The van der Waals surface area contributed by atoms with Crippen molar-refractivity contribution < 1.29 is 0 Å². The molecule has 0 radical (unpaired) electrons. The van der Waals surface area contributed by atoms with Crippen LogP contribution in [-0.4, -0.2) is 32.6 Å². The van der Waals surface area contributed by atoms with Crippen molar-refractivity contribution in [3.63, 3.8) is 0 Å². The molecule has 0 spiro atoms. The molecular weight excluding hydrogens is 546 g/mol. The first-order chi connectivity index (χ1) is 20.8. The predicted octanol–water partition coefficient (Wildman–Crippen LogP) is 12.1. The molecule has 0 N–H and O–H groups in total. The lowest BCUT2D eigenvalue weighted by molar-refractivity contribution is 0.484. The number of aromatic nitrogens is 2. The Morgan fingerprint density at radius 2 is 0.690 bits per heavy atom. The highest BCUT2D eigenvalue weighted by Gasteiger charge is 2.33. The van der Waals surface area contributed by atoms with E-state index >= 15 is 0 Å². The van der Waals surface area contributed by atoms with E-state index in [1.807, 2.05) is 0 Å². The fraction of sp³-hybridized carbons (Fsp3) is 0.684. The summed E-state index contributed by atoms with van der Waals surface area (Å²) in [6, 6.07) is 14.1. The summed E-state index contributed by atoms with van der Waals surface area (Å²) in [7, 11) is 0.0293. The number of nitrogens with zero attached hydrogens (tertiary/aromatic N) is 2. The van der Waals surface area contributed by atoms with Crippen LogP contribution in [0.5, 0.6) is 0 Å². The molecule has 1 aromatic carbocycles. The average Bonchev–Trinajstić information content (AvgIpc) is 3.07. The van der Waals surface area contributed by atoms with Gasteiger partial charge in [0.25, 0.3) is 0 Å². The fourth-order valence-electron chi connectivity index (χ4n) is 9.16. The Morgan fingerprint density at radius 1 is 0.405 bits per heavy atom. The summed E-state index contributed by atoms with van der Waals surface area (Å²) in [5.41, 5.74) is 8.97. The first-order valence-corrected chi connectivity index (χ1v) is 21.3. The lowest BCUT2D eigenvalue weighted by Gasteiger charge is -2.38. The van der Waals surface area contributed by atoms with E-state index in [2.05, 4.69) is 36.4 Å². The summed E-state index contributed by atoms with van der Waals surface area (Å²) in [5.74, 6) is 0. The quantitative estimate of drug-likeness (QED) is 0.190. The third kappa shape index (κ3) is 6.91. The normalized spacial score (nSPS) is 22.5. The van der Waals surface area contributed by atoms with E-state index in [0.29, 0.717) is 0 Å². The number of benzene rings is 1. The molecule has 3 aromatic rings. The van der Waals surface area contributed by atoms with Gasteiger partial charge >= 0.3 is 0 Å². The minimum Gasteiger partial charge on any atom is -0.250 e. The van der Waals surface area contributed by atoms with Gasteiger partial charge in [-0.1, -0.05) is 117 Å². The summed E-state index contributed by atoms with van der Waals surface area (Å²) >= 11 is 0. The molecule has 0 saturated heterocycles. The molecule has 7 rings (SSSR count). The Kier molecular flexibility index (Phi) is 10.1. The molecular formula is C38H54N2P2. The van der Waals surface area contributed by atoms with Gasteiger partial charge in [-0.3, -0.25) is 9.97 Å². The number of hydrogen-bond donors (Lipinski definition) is 0. The van der Waals surface area contributed by atoms with Crippen molar-refractivity contribution in [3.05, 3.63) is 47.8 Å². The Balaban J connectivity index is 1.18. The standard InChI is InChI=1S/C38H54N2P2/c1-5-13-33(14-6-1)41(34-15-7-2-8-16-34)27-31-25-23-29-21-22-30-24-26-32(40-38(30)37(29)39-31)28-42(35-17-9-3-10-18-35)36-19-11-4-12-20-36/h21-26,33-36H,1-20,27-28H2. The Bertz CT molecular complexity index is 1160. The van der Waals surface area contributed by atoms with Gasteiger partial charge in [0.15, 0.2) is 0 Å². The van der Waals surface area contributed by atoms with E-state index < -0.39 is 0 Å². The lowest BCUT2D eigenvalue weighted by Crippen LogP contribution is -2.21. The van der Waals surface area contributed by atoms with E-state index in [9.17, 15) is 0 Å². The van der Waals surface area contributed by atoms with Gasteiger partial charge < -0.3 is 0 Å². The van der Waals surface area contributed by atoms with Gasteiger partial charge in [0, 0.05) is 34.5 Å². The lowest BCUT2D eigenvalue weighted by atomic mass is 9.99. The van der Waals surface area contributed by atoms with E-state index in [1.165, 1.54) is 174 Å². The summed E-state index contributed by atoms with van der Waals surface area (Å²) in [6.07, 6.45) is 31.9. The zero-order chi connectivity index (χ0) is 28.1. The van der Waals surface area contributed by atoms with Gasteiger partial charge in [0.05, 0.1) is 11.0 Å². The number of fused-ring (bicyclic) bond motifs is 3. The summed E-state index contributed by atoms with van der Waals surface area (Å²) < 4.78 is 0. The number of hydrogen-bond acceptors (Lipinski definition) is 2. The van der Waals surface area contributed by atoms with Crippen LogP contribution in [0.3, 0.4) is 0 Å². The molecule has 2 nitrogen and oxygen atoms in total. The highest BCUT2D eigenvalue weighted by atomic mass is 31.1. The number of pyridine rings is 2. The van der Waals surface area contributed by atoms with Crippen molar-refractivity contribution in [1.29, 1.82) is 0 Å². The van der Waals surface area contributed by atoms with Crippen LogP contribution in [0.25, 0.3) is 21.8 Å². The average molecular weight is 601 g/mol. The maximum Gasteiger partial charge on any atom is 0.0968 e. The van der Waals surface area contributed by atoms with Crippen LogP contribution in [0.2, 0.25) is 0 Å². The second-order valence-corrected chi connectivity index (χ2v) is 19.9. The first kappa shape index (κ1) is 29.6. The zero-order valence-electron chi connectivity index (χ0n) is 26.1. The van der Waals surface area contributed by atoms with Crippen molar-refractivity contribution in [2.75, 3.05) is 0 Å². The molecule has 42 heavy (non-hydrogen) atoms. The Hall–Kier alpha value is -1.10. The van der Waals surface area contributed by atoms with E-state index in [1.54, 1.807) is 0 Å². The van der Waals surface area contributed by atoms with E-state index in [4.69, 9.17) is 9.97 Å². The SMILES string of the molecule is c1cc2ccc3ccc(CP(C4CCCCC4)C4CCCCC4)nc3c2nc1CP(C1CCCCC1)C1CCCCC1. The minimum atomic E-state index is 0.0146. The van der Waals surface area contributed by atoms with Crippen molar-refractivity contribution in [1.82, 2.24) is 9.97 Å². The van der Waals surface area contributed by atoms with Crippen LogP contribution in [0.4, 0.5) is 0 Å². The van der Waals surface area contributed by atoms with E-state index in [0.717, 1.165) is 22.6 Å². The summed E-state index contributed by atoms with van der Waals surface area (Å²) in [4.78, 5) is 11.0. The van der Waals surface area contributed by atoms with Crippen LogP contribution in [0.15, 0.2) is 36.4 Å². The van der Waals surface area contributed by atoms with Crippen molar-refractivity contribution in [3.8, 4) is 0 Å². The van der Waals surface area contributed by atoms with Crippen LogP contribution in [0.1, 0.15) is 140 Å². The molecule has 0 bridgehead atoms. The molecule has 0 amide bonds. The third-order valence-corrected chi connectivity index (χ3v) is 18.7. The fourth-order valence-corrected chi connectivity index (χ4v) is 16.6. The zero-order valence-corrected chi connectivity index (χ0v) is 27.9. The van der Waals surface area contributed by atoms with Crippen LogP contribution < -0.4 is 0 Å². The molecule has 4 aliphatic carbocycles. The second kappa shape index (κ2) is 14.3. The van der Waals surface area contributed by atoms with Crippen LogP contribution in [0, 0.1) is 0 Å². The molecule has 0 unspecified atom stereocenters. The third-order valence-electron chi connectivity index (χ3n) is 11.5. The van der Waals surface area contributed by atoms with Crippen LogP contribution in [-0.2, 0) is 12.3 Å². The molecule has 0 aliphatic heterocycles. The minimum absolute atomic E-state index is 0.0146. The molecule has 226 valence electrons. The van der Waals surface area contributed by atoms with Gasteiger partial charge in [0.1, 0.15) is 0 Å². The van der Waals surface area contributed by atoms with Gasteiger partial charge in [0.2, 0.25) is 0 Å². The Labute approximate surface area is 258 Å². The first-order valence-electron chi connectivity index (χ1n) is 18.0. The summed E-state index contributed by atoms with van der Waals surface area (Å²) in [6.45, 7) is 0. The molecule has 4 saturated carbocycles. The molecule has 4 fully saturated rings. The highest BCUT2D eigenvalue weighted by Crippen LogP contribution is 2.59. The van der Waals surface area contributed by atoms with Gasteiger partial charge in [-0.2, -0.15) is 0 Å². The molecule has 4 aliphatic rings. The molecule has 0 atom stereocenters. The van der Waals surface area contributed by atoms with Crippen molar-refractivity contribution in [2.45, 2.75) is 163 Å². The van der Waals surface area contributed by atoms with Gasteiger partial charge in [-0.15, -0.1) is 0 Å². The van der Waals surface area contributed by atoms with Crippen LogP contribution >= 0.6 is 15.8 Å². The maximum absolute atomic E-state index is 5.49. The topological polar surface area (TPSA) is 25.8 Å². The second-order valence-electron chi connectivity index (χ2n) is 14.3. The van der Waals surface area contributed by atoms with Gasteiger partial charge in [-0.05, 0) is 86.1 Å². The Morgan fingerprint density at radius 3 is 1.00 bits per heavy atom. The van der Waals surface area contributed by atoms with E-state index in [-0.39, 0.29) is 15.8 Å². The monoisotopic (exact) mass is 600 g/mol. The maximum atomic E-state index is 5.49. The molecule has 2 heterocycles. The predicted molar refractivity (Wildman–Crippen MR) is 186 cm³/mol. The van der Waals surface area contributed by atoms with Gasteiger partial charge in [-0.25, -0.2) is 0 Å². The molecule has 2 aromatic heterocycles.